The van der Waals surface area contributed by atoms with Gasteiger partial charge in [-0.2, -0.15) is 0 Å². The van der Waals surface area contributed by atoms with E-state index in [0.717, 1.165) is 0 Å². The van der Waals surface area contributed by atoms with Gasteiger partial charge in [-0.25, -0.2) is 0 Å². The molecular weight excluding hydrogens is 193 g/mol. The minimum absolute atomic E-state index is 0.137. The van der Waals surface area contributed by atoms with E-state index in [4.69, 9.17) is 5.73 Å². The number of methoxy groups -OCH3 is 1. The van der Waals surface area contributed by atoms with Crippen molar-refractivity contribution in [3.63, 3.8) is 0 Å². The van der Waals surface area contributed by atoms with Crippen LogP contribution in [0, 0.1) is 11.5 Å². The molecule has 5 heteroatoms. The first kappa shape index (κ1) is 11.9. The molecule has 12 heavy (non-hydrogen) atoms. The summed E-state index contributed by atoms with van der Waals surface area (Å²) in [5.41, 5.74) is 8.46. The second-order valence-electron chi connectivity index (χ2n) is 2.49. The number of hydrogen-bond donors (Lipinski definition) is 1. The molecule has 0 bridgehead atoms. The van der Waals surface area contributed by atoms with Crippen molar-refractivity contribution in [2.75, 3.05) is 7.11 Å². The van der Waals surface area contributed by atoms with E-state index in [9.17, 15) is 4.79 Å². The predicted molar refractivity (Wildman–Crippen MR) is 51.9 cm³/mol. The molecule has 0 fully saturated rings. The van der Waals surface area contributed by atoms with Crippen LogP contribution in [0.1, 0.15) is 13.3 Å². The quantitative estimate of drug-likeness (QED) is 0.549. The average Bonchev–Trinajstić information content (AvgIpc) is 2.03. The molecule has 0 saturated carbocycles. The Morgan fingerprint density at radius 1 is 1.83 bits per heavy atom. The van der Waals surface area contributed by atoms with Gasteiger partial charge in [0.1, 0.15) is 0 Å². The van der Waals surface area contributed by atoms with Crippen molar-refractivity contribution in [1.82, 2.24) is 0 Å². The van der Waals surface area contributed by atoms with E-state index in [1.165, 1.54) is 7.11 Å². The van der Waals surface area contributed by atoms with Gasteiger partial charge in [0.15, 0.2) is 0 Å². The summed E-state index contributed by atoms with van der Waals surface area (Å²) in [5.74, 6) is -0.247. The number of rotatable bonds is 3. The van der Waals surface area contributed by atoms with Crippen molar-refractivity contribution in [2.45, 2.75) is 19.4 Å². The van der Waals surface area contributed by atoms with Crippen LogP contribution >= 0.6 is 6.81 Å². The number of ether oxygens (including phenoxy) is 1. The minimum atomic E-state index is -0.561. The molecule has 0 aliphatic rings. The van der Waals surface area contributed by atoms with Crippen molar-refractivity contribution >= 4 is 24.6 Å². The Hall–Kier alpha value is -0.140. The summed E-state index contributed by atoms with van der Waals surface area (Å²) in [5, 5.41) is 0. The summed E-state index contributed by atoms with van der Waals surface area (Å²) in [4.78, 5) is 10.8. The molecule has 0 amide bonds. The second-order valence-corrected chi connectivity index (χ2v) is 3.48. The van der Waals surface area contributed by atoms with Gasteiger partial charge in [0.05, 0.1) is 0 Å². The Morgan fingerprint density at radius 3 is 2.83 bits per heavy atom. The van der Waals surface area contributed by atoms with Crippen LogP contribution in [0.2, 0.25) is 0 Å². The van der Waals surface area contributed by atoms with E-state index in [2.05, 4.69) is 22.2 Å². The van der Waals surface area contributed by atoms with Crippen LogP contribution in [-0.2, 0) is 21.3 Å². The van der Waals surface area contributed by atoms with Crippen LogP contribution in [0.3, 0.4) is 0 Å². The third-order valence-corrected chi connectivity index (χ3v) is 2.25. The molecule has 68 valence electrons. The summed E-state index contributed by atoms with van der Waals surface area (Å²) in [6.45, 7) is 2.60. The molecule has 2 atom stereocenters. The van der Waals surface area contributed by atoms with Gasteiger partial charge in [0.25, 0.3) is 0 Å². The molecule has 0 aromatic heterocycles. The monoisotopic (exact) mass is 205 g/mol. The summed E-state index contributed by atoms with van der Waals surface area (Å²) in [6, 6.07) is -0.561. The molecule has 3 nitrogen and oxygen atoms in total. The fourth-order valence-corrected chi connectivity index (χ4v) is 1.60. The van der Waals surface area contributed by atoms with Crippen LogP contribution in [0.4, 0.5) is 0 Å². The zero-order valence-electron chi connectivity index (χ0n) is 7.11. The Morgan fingerprint density at radius 2 is 2.42 bits per heavy atom. The van der Waals surface area contributed by atoms with Gasteiger partial charge in [-0.05, 0) is 0 Å². The number of hydrogen-bond acceptors (Lipinski definition) is 4. The van der Waals surface area contributed by atoms with Gasteiger partial charge in [-0.1, -0.05) is 0 Å². The average molecular weight is 205 g/mol. The standard InChI is InChI=1S/C7H12NO2PS/c1-5(4-11-12)3-6(8)7(9)10-2/h5-6H,3,8H2,1-2H3/t5?,6-/m0/s1. The first-order valence-electron chi connectivity index (χ1n) is 3.53. The number of nitrogens with two attached hydrogens (primary N) is 1. The molecule has 0 heterocycles. The van der Waals surface area contributed by atoms with E-state index in [1.807, 2.05) is 6.92 Å². The first-order valence-corrected chi connectivity index (χ1v) is 5.44. The third kappa shape index (κ3) is 4.68. The van der Waals surface area contributed by atoms with Gasteiger partial charge in [-0.15, -0.1) is 0 Å². The third-order valence-electron chi connectivity index (χ3n) is 1.38. The Balaban J connectivity index is 3.96. The summed E-state index contributed by atoms with van der Waals surface area (Å²) < 4.78 is 4.47. The van der Waals surface area contributed by atoms with Gasteiger partial charge in [0.2, 0.25) is 0 Å². The van der Waals surface area contributed by atoms with E-state index in [1.54, 1.807) is 0 Å². The molecule has 0 spiro atoms. The van der Waals surface area contributed by atoms with Crippen molar-refractivity contribution in [3.05, 3.63) is 0 Å². The summed E-state index contributed by atoms with van der Waals surface area (Å²) in [7, 11) is 1.33. The fraction of sp³-hybridized carbons (Fsp3) is 0.714. The molecule has 0 aromatic rings. The van der Waals surface area contributed by atoms with E-state index in [0.29, 0.717) is 13.2 Å². The molecule has 0 aliphatic carbocycles. The van der Waals surface area contributed by atoms with E-state index >= 15 is 0 Å². The molecule has 0 aliphatic heterocycles. The topological polar surface area (TPSA) is 52.3 Å². The molecule has 0 radical (unpaired) electrons. The zero-order chi connectivity index (χ0) is 9.56. The maximum atomic E-state index is 10.8. The van der Waals surface area contributed by atoms with Gasteiger partial charge in [-0.3, -0.25) is 0 Å². The number of carbonyl (C=O) groups is 1. The molecule has 0 rings (SSSR count). The Bertz CT molecular complexity index is 249. The van der Waals surface area contributed by atoms with Crippen LogP contribution in [-0.4, -0.2) is 19.1 Å². The Labute approximate surface area is 78.4 Å². The maximum absolute atomic E-state index is 10.8. The SMILES string of the molecule is COC(=O)[C@@H](N)CC(C)C#P=S. The van der Waals surface area contributed by atoms with Gasteiger partial charge < -0.3 is 0 Å². The van der Waals surface area contributed by atoms with Crippen LogP contribution in [0.5, 0.6) is 0 Å². The van der Waals surface area contributed by atoms with Crippen molar-refractivity contribution in [1.29, 1.82) is 0 Å². The molecule has 0 aromatic carbocycles. The van der Waals surface area contributed by atoms with E-state index in [-0.39, 0.29) is 11.9 Å². The Kier molecular flexibility index (Phi) is 6.31. The number of carbonyl (C=O) groups excluding carboxylic acids is 1. The van der Waals surface area contributed by atoms with Crippen molar-refractivity contribution in [2.24, 2.45) is 11.7 Å². The summed E-state index contributed by atoms with van der Waals surface area (Å²) in [6.07, 6.45) is 0.538. The van der Waals surface area contributed by atoms with Gasteiger partial charge >= 0.3 is 77.9 Å². The molecule has 2 N–H and O–H groups in total. The van der Waals surface area contributed by atoms with Crippen molar-refractivity contribution < 1.29 is 9.53 Å². The normalized spacial score (nSPS) is 14.2. The predicted octanol–water partition coefficient (Wildman–Crippen LogP) is 0.880. The van der Waals surface area contributed by atoms with Crippen molar-refractivity contribution in [3.8, 4) is 5.63 Å². The zero-order valence-corrected chi connectivity index (χ0v) is 8.82. The second kappa shape index (κ2) is 6.38. The molecular formula is C7H12NO2PS. The first-order chi connectivity index (χ1) is 5.61. The van der Waals surface area contributed by atoms with E-state index < -0.39 is 6.04 Å². The van der Waals surface area contributed by atoms with Crippen LogP contribution in [0.15, 0.2) is 0 Å². The summed E-state index contributed by atoms with van der Waals surface area (Å²) >= 11 is 4.68. The van der Waals surface area contributed by atoms with Crippen LogP contribution < -0.4 is 5.73 Å². The molecule has 0 saturated heterocycles. The fourth-order valence-electron chi connectivity index (χ4n) is 0.771. The molecule has 1 unspecified atom stereocenters. The number of esters is 1. The van der Waals surface area contributed by atoms with Gasteiger partial charge in [0, 0.05) is 0 Å². The van der Waals surface area contributed by atoms with Crippen LogP contribution in [0.25, 0.3) is 0 Å².